The summed E-state index contributed by atoms with van der Waals surface area (Å²) in [6.45, 7) is 2.97. The molecule has 0 unspecified atom stereocenters. The normalized spacial score (nSPS) is 10.7. The number of amides is 1. The molecule has 118 valence electrons. The lowest BCUT2D eigenvalue weighted by Gasteiger charge is -2.10. The molecular weight excluding hydrogens is 270 g/mol. The molecule has 0 radical (unpaired) electrons. The summed E-state index contributed by atoms with van der Waals surface area (Å²) in [7, 11) is 5.70. The maximum atomic E-state index is 11.9. The first-order chi connectivity index (χ1) is 10.1. The van der Waals surface area contributed by atoms with Gasteiger partial charge in [0.1, 0.15) is 5.69 Å². The van der Waals surface area contributed by atoms with Gasteiger partial charge in [0.15, 0.2) is 0 Å². The van der Waals surface area contributed by atoms with Crippen LogP contribution in [-0.4, -0.2) is 68.2 Å². The van der Waals surface area contributed by atoms with Crippen LogP contribution < -0.4 is 10.6 Å². The Kier molecular flexibility index (Phi) is 8.30. The van der Waals surface area contributed by atoms with Crippen molar-refractivity contribution < 1.29 is 9.53 Å². The molecule has 7 nitrogen and oxygen atoms in total. The smallest absolute Gasteiger partial charge is 0.270 e. The molecule has 0 aromatic carbocycles. The summed E-state index contributed by atoms with van der Waals surface area (Å²) in [5.41, 5.74) is 0.373. The van der Waals surface area contributed by atoms with Crippen molar-refractivity contribution in [3.63, 3.8) is 0 Å². The van der Waals surface area contributed by atoms with Gasteiger partial charge in [0, 0.05) is 33.0 Å². The molecule has 0 saturated carbocycles. The Morgan fingerprint density at radius 2 is 2.14 bits per heavy atom. The van der Waals surface area contributed by atoms with Crippen molar-refractivity contribution in [2.24, 2.45) is 0 Å². The first-order valence-electron chi connectivity index (χ1n) is 7.12. The van der Waals surface area contributed by atoms with Crippen LogP contribution in [0.2, 0.25) is 0 Å². The highest BCUT2D eigenvalue weighted by molar-refractivity contribution is 5.92. The predicted octanol–water partition coefficient (Wildman–Crippen LogP) is 0.607. The second-order valence-electron chi connectivity index (χ2n) is 4.95. The molecule has 0 aliphatic rings. The Morgan fingerprint density at radius 3 is 2.86 bits per heavy atom. The van der Waals surface area contributed by atoms with Gasteiger partial charge in [0.2, 0.25) is 5.95 Å². The third-order valence-corrected chi connectivity index (χ3v) is 2.76. The van der Waals surface area contributed by atoms with Gasteiger partial charge in [-0.1, -0.05) is 0 Å². The average molecular weight is 295 g/mol. The largest absolute Gasteiger partial charge is 0.385 e. The van der Waals surface area contributed by atoms with Crippen LogP contribution in [0.15, 0.2) is 12.3 Å². The van der Waals surface area contributed by atoms with Crippen LogP contribution in [0.25, 0.3) is 0 Å². The molecule has 1 rings (SSSR count). The van der Waals surface area contributed by atoms with E-state index >= 15 is 0 Å². The summed E-state index contributed by atoms with van der Waals surface area (Å²) in [5, 5.41) is 5.92. The van der Waals surface area contributed by atoms with E-state index in [9.17, 15) is 4.79 Å². The average Bonchev–Trinajstić information content (AvgIpc) is 2.48. The van der Waals surface area contributed by atoms with Crippen molar-refractivity contribution >= 4 is 11.9 Å². The Labute approximate surface area is 126 Å². The minimum absolute atomic E-state index is 0.190. The monoisotopic (exact) mass is 295 g/mol. The molecule has 7 heteroatoms. The fraction of sp³-hybridized carbons (Fsp3) is 0.643. The lowest BCUT2D eigenvalue weighted by Crippen LogP contribution is -2.26. The van der Waals surface area contributed by atoms with Crippen LogP contribution in [0.4, 0.5) is 5.95 Å². The molecule has 1 aromatic rings. The second kappa shape index (κ2) is 10.1. The first kappa shape index (κ1) is 17.3. The molecule has 0 fully saturated rings. The van der Waals surface area contributed by atoms with Gasteiger partial charge >= 0.3 is 0 Å². The molecule has 0 spiro atoms. The number of carbonyl (C=O) groups is 1. The van der Waals surface area contributed by atoms with Gasteiger partial charge < -0.3 is 20.3 Å². The van der Waals surface area contributed by atoms with Gasteiger partial charge in [-0.05, 0) is 39.5 Å². The summed E-state index contributed by atoms with van der Waals surface area (Å²) in [6.07, 6.45) is 3.36. The van der Waals surface area contributed by atoms with Crippen LogP contribution in [0, 0.1) is 0 Å². The number of rotatable bonds is 10. The molecule has 0 aliphatic heterocycles. The van der Waals surface area contributed by atoms with Gasteiger partial charge in [-0.15, -0.1) is 0 Å². The highest BCUT2D eigenvalue weighted by Crippen LogP contribution is 2.01. The minimum Gasteiger partial charge on any atom is -0.385 e. The first-order valence-corrected chi connectivity index (χ1v) is 7.12. The Morgan fingerprint density at radius 1 is 1.33 bits per heavy atom. The number of hydrogen-bond donors (Lipinski definition) is 2. The SMILES string of the molecule is COCCCNC(=O)c1ccnc(NCCCN(C)C)n1. The molecule has 1 heterocycles. The Bertz CT molecular complexity index is 426. The number of nitrogens with one attached hydrogen (secondary N) is 2. The van der Waals surface area contributed by atoms with Crippen LogP contribution in [0.1, 0.15) is 23.3 Å². The van der Waals surface area contributed by atoms with Crippen LogP contribution >= 0.6 is 0 Å². The third-order valence-electron chi connectivity index (χ3n) is 2.76. The second-order valence-corrected chi connectivity index (χ2v) is 4.95. The predicted molar refractivity (Wildman–Crippen MR) is 82.5 cm³/mol. The number of aromatic nitrogens is 2. The molecule has 0 aliphatic carbocycles. The molecule has 0 bridgehead atoms. The Balaban J connectivity index is 2.38. The highest BCUT2D eigenvalue weighted by Gasteiger charge is 2.07. The number of ether oxygens (including phenoxy) is 1. The van der Waals surface area contributed by atoms with Crippen molar-refractivity contribution in [2.75, 3.05) is 52.8 Å². The molecule has 2 N–H and O–H groups in total. The van der Waals surface area contributed by atoms with E-state index in [1.54, 1.807) is 19.4 Å². The van der Waals surface area contributed by atoms with E-state index in [4.69, 9.17) is 4.74 Å². The van der Waals surface area contributed by atoms with Crippen LogP contribution in [0.3, 0.4) is 0 Å². The quantitative estimate of drug-likeness (QED) is 0.616. The zero-order valence-corrected chi connectivity index (χ0v) is 13.1. The van der Waals surface area contributed by atoms with E-state index < -0.39 is 0 Å². The summed E-state index contributed by atoms with van der Waals surface area (Å²) < 4.78 is 4.93. The molecular formula is C14H25N5O2. The number of nitrogens with zero attached hydrogens (tertiary/aromatic N) is 3. The van der Waals surface area contributed by atoms with Crippen LogP contribution in [0.5, 0.6) is 0 Å². The topological polar surface area (TPSA) is 79.4 Å². The van der Waals surface area contributed by atoms with Gasteiger partial charge in [-0.3, -0.25) is 4.79 Å². The van der Waals surface area contributed by atoms with Crippen molar-refractivity contribution in [3.8, 4) is 0 Å². The molecule has 0 atom stereocenters. The number of anilines is 1. The number of methoxy groups -OCH3 is 1. The third kappa shape index (κ3) is 7.57. The Hall–Kier alpha value is -1.73. The van der Waals surface area contributed by atoms with E-state index in [1.165, 1.54) is 0 Å². The minimum atomic E-state index is -0.190. The summed E-state index contributed by atoms with van der Waals surface area (Å²) in [6, 6.07) is 1.61. The van der Waals surface area contributed by atoms with Crippen LogP contribution in [-0.2, 0) is 4.74 Å². The lowest BCUT2D eigenvalue weighted by atomic mass is 10.3. The summed E-state index contributed by atoms with van der Waals surface area (Å²) >= 11 is 0. The summed E-state index contributed by atoms with van der Waals surface area (Å²) in [4.78, 5) is 22.3. The lowest BCUT2D eigenvalue weighted by molar-refractivity contribution is 0.0943. The van der Waals surface area contributed by atoms with Crippen molar-refractivity contribution in [3.05, 3.63) is 18.0 Å². The van der Waals surface area contributed by atoms with E-state index in [0.717, 1.165) is 25.9 Å². The maximum absolute atomic E-state index is 11.9. The van der Waals surface area contributed by atoms with E-state index in [2.05, 4.69) is 25.5 Å². The van der Waals surface area contributed by atoms with Gasteiger partial charge in [0.05, 0.1) is 0 Å². The van der Waals surface area contributed by atoms with Crippen molar-refractivity contribution in [1.82, 2.24) is 20.2 Å². The van der Waals surface area contributed by atoms with Crippen molar-refractivity contribution in [2.45, 2.75) is 12.8 Å². The number of carbonyl (C=O) groups excluding carboxylic acids is 1. The van der Waals surface area contributed by atoms with E-state index in [1.807, 2.05) is 14.1 Å². The molecule has 21 heavy (non-hydrogen) atoms. The fourth-order valence-electron chi connectivity index (χ4n) is 1.67. The molecule has 1 amide bonds. The van der Waals surface area contributed by atoms with Gasteiger partial charge in [0.25, 0.3) is 5.91 Å². The fourth-order valence-corrected chi connectivity index (χ4v) is 1.67. The summed E-state index contributed by atoms with van der Waals surface area (Å²) in [5.74, 6) is 0.295. The highest BCUT2D eigenvalue weighted by atomic mass is 16.5. The number of hydrogen-bond acceptors (Lipinski definition) is 6. The standard InChI is InChI=1S/C14H25N5O2/c1-19(2)10-4-7-16-14-17-9-6-12(18-14)13(20)15-8-5-11-21-3/h6,9H,4-5,7-8,10-11H2,1-3H3,(H,15,20)(H,16,17,18). The van der Waals surface area contributed by atoms with E-state index in [-0.39, 0.29) is 5.91 Å². The molecule has 1 aromatic heterocycles. The van der Waals surface area contributed by atoms with E-state index in [0.29, 0.717) is 24.8 Å². The molecule has 0 saturated heterocycles. The zero-order chi connectivity index (χ0) is 15.5. The van der Waals surface area contributed by atoms with Gasteiger partial charge in [-0.25, -0.2) is 9.97 Å². The zero-order valence-electron chi connectivity index (χ0n) is 13.1. The van der Waals surface area contributed by atoms with Gasteiger partial charge in [-0.2, -0.15) is 0 Å². The van der Waals surface area contributed by atoms with Crippen molar-refractivity contribution in [1.29, 1.82) is 0 Å². The maximum Gasteiger partial charge on any atom is 0.270 e.